The van der Waals surface area contributed by atoms with Crippen molar-refractivity contribution in [3.05, 3.63) is 60.4 Å². The third-order valence-electron chi connectivity index (χ3n) is 5.91. The summed E-state index contributed by atoms with van der Waals surface area (Å²) in [7, 11) is 0. The summed E-state index contributed by atoms with van der Waals surface area (Å²) in [6.07, 6.45) is 5.47. The van der Waals surface area contributed by atoms with Gasteiger partial charge in [0.05, 0.1) is 5.92 Å². The Morgan fingerprint density at radius 3 is 2.53 bits per heavy atom. The fraction of sp³-hybridized carbons (Fsp3) is 0.320. The first-order valence-electron chi connectivity index (χ1n) is 11.0. The normalized spacial score (nSPS) is 17.7. The van der Waals surface area contributed by atoms with Gasteiger partial charge >= 0.3 is 0 Å². The predicted molar refractivity (Wildman–Crippen MR) is 123 cm³/mol. The average molecular weight is 431 g/mol. The average Bonchev–Trinajstić information content (AvgIpc) is 2.85. The van der Waals surface area contributed by atoms with Crippen LogP contribution in [0.5, 0.6) is 11.5 Å². The zero-order valence-electron chi connectivity index (χ0n) is 18.1. The third kappa shape index (κ3) is 4.37. The summed E-state index contributed by atoms with van der Waals surface area (Å²) < 4.78 is 11.2. The van der Waals surface area contributed by atoms with Gasteiger partial charge in [-0.3, -0.25) is 4.79 Å². The Labute approximate surface area is 187 Å². The lowest BCUT2D eigenvalue weighted by Gasteiger charge is -2.32. The standard InChI is InChI=1S/C25H26N4O3/c1-17-4-6-18(7-5-17)20-14-26-25(27-15-20)29-10-2-3-19(16-29)24(30)28-21-8-9-22-23(13-21)32-12-11-31-22/h4-9,13-15,19H,2-3,10-12,16H2,1H3,(H,28,30)/t19-/m0/s1. The zero-order chi connectivity index (χ0) is 21.9. The van der Waals surface area contributed by atoms with Gasteiger partial charge in [-0.15, -0.1) is 0 Å². The molecule has 0 unspecified atom stereocenters. The van der Waals surface area contributed by atoms with E-state index in [1.807, 2.05) is 30.6 Å². The highest BCUT2D eigenvalue weighted by molar-refractivity contribution is 5.93. The molecule has 7 nitrogen and oxygen atoms in total. The number of benzene rings is 2. The molecule has 0 radical (unpaired) electrons. The Balaban J connectivity index is 1.24. The molecule has 1 aromatic heterocycles. The van der Waals surface area contributed by atoms with Crippen LogP contribution >= 0.6 is 0 Å². The summed E-state index contributed by atoms with van der Waals surface area (Å²) in [4.78, 5) is 24.2. The first kappa shape index (κ1) is 20.3. The lowest BCUT2D eigenvalue weighted by atomic mass is 9.97. The molecule has 1 amide bonds. The van der Waals surface area contributed by atoms with Crippen LogP contribution < -0.4 is 19.7 Å². The second kappa shape index (κ2) is 8.86. The van der Waals surface area contributed by atoms with Crippen LogP contribution in [0.3, 0.4) is 0 Å². The topological polar surface area (TPSA) is 76.6 Å². The lowest BCUT2D eigenvalue weighted by molar-refractivity contribution is -0.120. The number of carbonyl (C=O) groups excluding carboxylic acids is 1. The van der Waals surface area contributed by atoms with Crippen molar-refractivity contribution in [1.82, 2.24) is 9.97 Å². The first-order valence-corrected chi connectivity index (χ1v) is 11.0. The summed E-state index contributed by atoms with van der Waals surface area (Å²) in [5.41, 5.74) is 4.02. The van der Waals surface area contributed by atoms with Gasteiger partial charge in [0, 0.05) is 42.8 Å². The monoisotopic (exact) mass is 430 g/mol. The van der Waals surface area contributed by atoms with Crippen LogP contribution in [0, 0.1) is 12.8 Å². The number of anilines is 2. The number of amides is 1. The Kier molecular flexibility index (Phi) is 5.62. The number of carbonyl (C=O) groups is 1. The van der Waals surface area contributed by atoms with Crippen molar-refractivity contribution in [3.63, 3.8) is 0 Å². The van der Waals surface area contributed by atoms with Gasteiger partial charge in [-0.05, 0) is 37.5 Å². The number of aryl methyl sites for hydroxylation is 1. The van der Waals surface area contributed by atoms with Crippen molar-refractivity contribution in [2.45, 2.75) is 19.8 Å². The Morgan fingerprint density at radius 1 is 1.00 bits per heavy atom. The number of hydrogen-bond acceptors (Lipinski definition) is 6. The molecule has 3 aromatic rings. The molecular formula is C25H26N4O3. The summed E-state index contributed by atoms with van der Waals surface area (Å²) in [5.74, 6) is 1.92. The van der Waals surface area contributed by atoms with Gasteiger partial charge in [-0.1, -0.05) is 29.8 Å². The van der Waals surface area contributed by atoms with E-state index in [2.05, 4.69) is 51.4 Å². The highest BCUT2D eigenvalue weighted by Crippen LogP contribution is 2.33. The molecule has 1 fully saturated rings. The molecular weight excluding hydrogens is 404 g/mol. The molecule has 0 spiro atoms. The molecule has 3 heterocycles. The second-order valence-electron chi connectivity index (χ2n) is 8.27. The van der Waals surface area contributed by atoms with E-state index in [9.17, 15) is 4.79 Å². The molecule has 164 valence electrons. The van der Waals surface area contributed by atoms with Gasteiger partial charge in [0.1, 0.15) is 13.2 Å². The molecule has 0 saturated carbocycles. The molecule has 1 N–H and O–H groups in total. The predicted octanol–water partition coefficient (Wildman–Crippen LogP) is 4.08. The minimum Gasteiger partial charge on any atom is -0.486 e. The summed E-state index contributed by atoms with van der Waals surface area (Å²) in [5, 5.41) is 3.03. The molecule has 2 aromatic carbocycles. The number of fused-ring (bicyclic) bond motifs is 1. The van der Waals surface area contributed by atoms with E-state index in [1.54, 1.807) is 0 Å². The Morgan fingerprint density at radius 2 is 1.75 bits per heavy atom. The molecule has 0 bridgehead atoms. The highest BCUT2D eigenvalue weighted by atomic mass is 16.6. The van der Waals surface area contributed by atoms with Crippen molar-refractivity contribution < 1.29 is 14.3 Å². The molecule has 32 heavy (non-hydrogen) atoms. The van der Waals surface area contributed by atoms with Crippen LogP contribution in [0.2, 0.25) is 0 Å². The zero-order valence-corrected chi connectivity index (χ0v) is 18.1. The van der Waals surface area contributed by atoms with Crippen LogP contribution in [0.25, 0.3) is 11.1 Å². The Bertz CT molecular complexity index is 1100. The van der Waals surface area contributed by atoms with Gasteiger partial charge < -0.3 is 19.7 Å². The van der Waals surface area contributed by atoms with E-state index >= 15 is 0 Å². The molecule has 2 aliphatic rings. The van der Waals surface area contributed by atoms with Gasteiger partial charge in [-0.2, -0.15) is 0 Å². The molecule has 7 heteroatoms. The molecule has 0 aliphatic carbocycles. The number of nitrogens with zero attached hydrogens (tertiary/aromatic N) is 3. The third-order valence-corrected chi connectivity index (χ3v) is 5.91. The molecule has 1 saturated heterocycles. The number of ether oxygens (including phenoxy) is 2. The summed E-state index contributed by atoms with van der Waals surface area (Å²) in [6, 6.07) is 13.8. The number of hydrogen-bond donors (Lipinski definition) is 1. The Hall–Kier alpha value is -3.61. The smallest absolute Gasteiger partial charge is 0.229 e. The van der Waals surface area contributed by atoms with E-state index in [4.69, 9.17) is 9.47 Å². The van der Waals surface area contributed by atoms with Crippen LogP contribution in [-0.4, -0.2) is 42.2 Å². The first-order chi connectivity index (χ1) is 15.7. The molecule has 5 rings (SSSR count). The van der Waals surface area contributed by atoms with Crippen molar-refractivity contribution in [3.8, 4) is 22.6 Å². The van der Waals surface area contributed by atoms with Gasteiger partial charge in [0.25, 0.3) is 0 Å². The minimum atomic E-state index is -0.127. The largest absolute Gasteiger partial charge is 0.486 e. The van der Waals surface area contributed by atoms with Gasteiger partial charge in [-0.25, -0.2) is 9.97 Å². The second-order valence-corrected chi connectivity index (χ2v) is 8.27. The maximum absolute atomic E-state index is 12.9. The summed E-state index contributed by atoms with van der Waals surface area (Å²) in [6.45, 7) is 4.58. The SMILES string of the molecule is Cc1ccc(-c2cnc(N3CCC[C@H](C(=O)Nc4ccc5c(c4)OCCO5)C3)nc2)cc1. The maximum atomic E-state index is 12.9. The maximum Gasteiger partial charge on any atom is 0.229 e. The van der Waals surface area contributed by atoms with E-state index < -0.39 is 0 Å². The quantitative estimate of drug-likeness (QED) is 0.672. The van der Waals surface area contributed by atoms with Crippen molar-refractivity contribution >= 4 is 17.5 Å². The van der Waals surface area contributed by atoms with Crippen LogP contribution in [0.1, 0.15) is 18.4 Å². The fourth-order valence-electron chi connectivity index (χ4n) is 4.12. The minimum absolute atomic E-state index is 0.00246. The van der Waals surface area contributed by atoms with Crippen LogP contribution in [0.15, 0.2) is 54.9 Å². The van der Waals surface area contributed by atoms with Crippen molar-refractivity contribution in [1.29, 1.82) is 0 Å². The van der Waals surface area contributed by atoms with E-state index in [0.717, 1.165) is 36.2 Å². The number of nitrogens with one attached hydrogen (secondary N) is 1. The lowest BCUT2D eigenvalue weighted by Crippen LogP contribution is -2.41. The number of piperidine rings is 1. The van der Waals surface area contributed by atoms with Gasteiger partial charge in [0.2, 0.25) is 11.9 Å². The van der Waals surface area contributed by atoms with Gasteiger partial charge in [0.15, 0.2) is 11.5 Å². The van der Waals surface area contributed by atoms with E-state index in [0.29, 0.717) is 37.2 Å². The fourth-order valence-corrected chi connectivity index (χ4v) is 4.12. The molecule has 1 atom stereocenters. The summed E-state index contributed by atoms with van der Waals surface area (Å²) >= 11 is 0. The number of aromatic nitrogens is 2. The van der Waals surface area contributed by atoms with Crippen LogP contribution in [-0.2, 0) is 4.79 Å². The van der Waals surface area contributed by atoms with E-state index in [1.165, 1.54) is 5.56 Å². The van der Waals surface area contributed by atoms with Crippen molar-refractivity contribution in [2.75, 3.05) is 36.5 Å². The van der Waals surface area contributed by atoms with Crippen molar-refractivity contribution in [2.24, 2.45) is 5.92 Å². The molecule has 2 aliphatic heterocycles. The highest BCUT2D eigenvalue weighted by Gasteiger charge is 2.27. The number of rotatable bonds is 4. The van der Waals surface area contributed by atoms with E-state index in [-0.39, 0.29) is 11.8 Å². The van der Waals surface area contributed by atoms with Crippen LogP contribution in [0.4, 0.5) is 11.6 Å².